The van der Waals surface area contributed by atoms with Crippen molar-refractivity contribution < 1.29 is 19.1 Å². The van der Waals surface area contributed by atoms with Crippen LogP contribution in [0.5, 0.6) is 0 Å². The predicted molar refractivity (Wildman–Crippen MR) is 101 cm³/mol. The van der Waals surface area contributed by atoms with Gasteiger partial charge in [-0.3, -0.25) is 14.5 Å². The Balaban J connectivity index is 1.97. The summed E-state index contributed by atoms with van der Waals surface area (Å²) < 4.78 is 5.04. The number of hydrogen-bond donors (Lipinski definition) is 0. The summed E-state index contributed by atoms with van der Waals surface area (Å²) in [5.74, 6) is -1.14. The van der Waals surface area contributed by atoms with Crippen molar-refractivity contribution in [1.29, 1.82) is 0 Å². The Bertz CT molecular complexity index is 867. The summed E-state index contributed by atoms with van der Waals surface area (Å²) in [5.41, 5.74) is 2.12. The van der Waals surface area contributed by atoms with Gasteiger partial charge >= 0.3 is 5.97 Å². The van der Waals surface area contributed by atoms with Gasteiger partial charge in [-0.05, 0) is 38.0 Å². The van der Waals surface area contributed by atoms with Crippen molar-refractivity contribution in [2.24, 2.45) is 0 Å². The fourth-order valence-electron chi connectivity index (χ4n) is 3.19. The molecule has 0 radical (unpaired) electrons. The summed E-state index contributed by atoms with van der Waals surface area (Å²) in [6.07, 6.45) is 2.07. The average molecular weight is 363 g/mol. The molecule has 0 unspecified atom stereocenters. The lowest BCUT2D eigenvalue weighted by Crippen LogP contribution is -2.40. The van der Waals surface area contributed by atoms with E-state index in [-0.39, 0.29) is 18.4 Å². The van der Waals surface area contributed by atoms with Crippen LogP contribution in [0.15, 0.2) is 66.2 Å². The van der Waals surface area contributed by atoms with E-state index in [1.807, 2.05) is 30.3 Å². The molecule has 0 N–H and O–H groups in total. The zero-order chi connectivity index (χ0) is 19.4. The van der Waals surface area contributed by atoms with E-state index in [0.717, 1.165) is 5.56 Å². The molecule has 3 rings (SSSR count). The molecule has 2 amide bonds. The molecule has 0 fully saturated rings. The molecule has 2 aromatic rings. The van der Waals surface area contributed by atoms with Crippen molar-refractivity contribution in [2.45, 2.75) is 26.3 Å². The van der Waals surface area contributed by atoms with Gasteiger partial charge in [0.05, 0.1) is 23.8 Å². The van der Waals surface area contributed by atoms with Crippen molar-refractivity contribution in [3.05, 3.63) is 82.9 Å². The number of carbonyl (C=O) groups excluding carboxylic acids is 3. The van der Waals surface area contributed by atoms with Crippen LogP contribution in [0.1, 0.15) is 40.1 Å². The summed E-state index contributed by atoms with van der Waals surface area (Å²) in [4.78, 5) is 39.0. The van der Waals surface area contributed by atoms with Crippen LogP contribution in [0.4, 0.5) is 0 Å². The lowest BCUT2D eigenvalue weighted by molar-refractivity contribution is -0.138. The summed E-state index contributed by atoms with van der Waals surface area (Å²) in [6.45, 7) is 3.63. The summed E-state index contributed by atoms with van der Waals surface area (Å²) in [6, 6.07) is 15.8. The Kier molecular flexibility index (Phi) is 5.50. The Morgan fingerprint density at radius 1 is 1.00 bits per heavy atom. The highest BCUT2D eigenvalue weighted by molar-refractivity contribution is 6.21. The maximum Gasteiger partial charge on any atom is 0.333 e. The number of hydrogen-bond acceptors (Lipinski definition) is 4. The number of amides is 2. The Hall–Kier alpha value is -3.21. The molecule has 1 aliphatic heterocycles. The average Bonchev–Trinajstić information content (AvgIpc) is 2.93. The molecule has 5 heteroatoms. The quantitative estimate of drug-likeness (QED) is 0.448. The summed E-state index contributed by atoms with van der Waals surface area (Å²) in [7, 11) is 0. The third kappa shape index (κ3) is 3.82. The second kappa shape index (κ2) is 7.99. The van der Waals surface area contributed by atoms with Crippen LogP contribution < -0.4 is 0 Å². The van der Waals surface area contributed by atoms with Crippen LogP contribution in [-0.4, -0.2) is 35.3 Å². The lowest BCUT2D eigenvalue weighted by atomic mass is 10.0. The number of carbonyl (C=O) groups is 3. The molecule has 138 valence electrons. The molecule has 0 aromatic heterocycles. The number of imide groups is 1. The van der Waals surface area contributed by atoms with Crippen molar-refractivity contribution in [1.82, 2.24) is 4.90 Å². The van der Waals surface area contributed by atoms with Crippen molar-refractivity contribution in [3.8, 4) is 0 Å². The smallest absolute Gasteiger partial charge is 0.333 e. The van der Waals surface area contributed by atoms with Gasteiger partial charge in [-0.2, -0.15) is 0 Å². The summed E-state index contributed by atoms with van der Waals surface area (Å²) in [5, 5.41) is 0. The van der Waals surface area contributed by atoms with Gasteiger partial charge in [0.1, 0.15) is 0 Å². The fourth-order valence-corrected chi connectivity index (χ4v) is 3.19. The van der Waals surface area contributed by atoms with E-state index >= 15 is 0 Å². The minimum absolute atomic E-state index is 0.264. The maximum absolute atomic E-state index is 12.9. The highest BCUT2D eigenvalue weighted by atomic mass is 16.5. The van der Waals surface area contributed by atoms with E-state index in [0.29, 0.717) is 23.1 Å². The first kappa shape index (κ1) is 18.6. The van der Waals surface area contributed by atoms with Crippen molar-refractivity contribution in [3.63, 3.8) is 0 Å². The summed E-state index contributed by atoms with van der Waals surface area (Å²) >= 11 is 0. The van der Waals surface area contributed by atoms with Gasteiger partial charge in [0.2, 0.25) is 0 Å². The second-order valence-electron chi connectivity index (χ2n) is 6.35. The Labute approximate surface area is 158 Å². The maximum atomic E-state index is 12.9. The van der Waals surface area contributed by atoms with Crippen LogP contribution in [0.2, 0.25) is 0 Å². The van der Waals surface area contributed by atoms with Crippen LogP contribution in [0.3, 0.4) is 0 Å². The van der Waals surface area contributed by atoms with Crippen LogP contribution in [-0.2, 0) is 16.0 Å². The monoisotopic (exact) mass is 363 g/mol. The fraction of sp³-hybridized carbons (Fsp3) is 0.227. The molecule has 0 bridgehead atoms. The molecule has 0 saturated carbocycles. The zero-order valence-corrected chi connectivity index (χ0v) is 15.3. The highest BCUT2D eigenvalue weighted by Gasteiger charge is 2.39. The lowest BCUT2D eigenvalue weighted by Gasteiger charge is -2.24. The van der Waals surface area contributed by atoms with Gasteiger partial charge in [0.15, 0.2) is 0 Å². The van der Waals surface area contributed by atoms with E-state index < -0.39 is 12.0 Å². The number of esters is 1. The largest absolute Gasteiger partial charge is 0.463 e. The van der Waals surface area contributed by atoms with E-state index in [2.05, 4.69) is 0 Å². The SMILES string of the molecule is CCOC(=O)/C(C)=C/[C@H](Cc1ccccc1)N1C(=O)c2ccccc2C1=O. The van der Waals surface area contributed by atoms with E-state index in [4.69, 9.17) is 4.74 Å². The first-order chi connectivity index (χ1) is 13.0. The predicted octanol–water partition coefficient (Wildman–Crippen LogP) is 3.40. The Morgan fingerprint density at radius 2 is 1.56 bits per heavy atom. The van der Waals surface area contributed by atoms with Gasteiger partial charge in [-0.15, -0.1) is 0 Å². The van der Waals surface area contributed by atoms with E-state index in [1.165, 1.54) is 4.90 Å². The minimum Gasteiger partial charge on any atom is -0.463 e. The van der Waals surface area contributed by atoms with Crippen LogP contribution in [0, 0.1) is 0 Å². The molecule has 5 nitrogen and oxygen atoms in total. The molecule has 27 heavy (non-hydrogen) atoms. The van der Waals surface area contributed by atoms with E-state index in [1.54, 1.807) is 44.2 Å². The van der Waals surface area contributed by atoms with Crippen LogP contribution >= 0.6 is 0 Å². The van der Waals surface area contributed by atoms with Crippen molar-refractivity contribution in [2.75, 3.05) is 6.61 Å². The first-order valence-corrected chi connectivity index (χ1v) is 8.89. The van der Waals surface area contributed by atoms with Gasteiger partial charge in [-0.25, -0.2) is 4.79 Å². The number of benzene rings is 2. The van der Waals surface area contributed by atoms with E-state index in [9.17, 15) is 14.4 Å². The molecule has 2 aromatic carbocycles. The highest BCUT2D eigenvalue weighted by Crippen LogP contribution is 2.27. The number of ether oxygens (including phenoxy) is 1. The number of fused-ring (bicyclic) bond motifs is 1. The molecule has 1 atom stereocenters. The van der Waals surface area contributed by atoms with Gasteiger partial charge in [0, 0.05) is 5.57 Å². The molecular formula is C22H21NO4. The van der Waals surface area contributed by atoms with Gasteiger partial charge in [-0.1, -0.05) is 48.5 Å². The Morgan fingerprint density at radius 3 is 2.11 bits per heavy atom. The zero-order valence-electron chi connectivity index (χ0n) is 15.3. The molecule has 0 aliphatic carbocycles. The number of nitrogens with zero attached hydrogens (tertiary/aromatic N) is 1. The molecule has 0 saturated heterocycles. The molecule has 1 heterocycles. The van der Waals surface area contributed by atoms with Crippen LogP contribution in [0.25, 0.3) is 0 Å². The minimum atomic E-state index is -0.579. The normalized spacial score (nSPS) is 14.9. The third-order valence-corrected chi connectivity index (χ3v) is 4.48. The standard InChI is InChI=1S/C22H21NO4/c1-3-27-22(26)15(2)13-17(14-16-9-5-4-6-10-16)23-20(24)18-11-7-8-12-19(18)21(23)25/h4-13,17H,3,14H2,1-2H3/b15-13+/t17-/m1/s1. The van der Waals surface area contributed by atoms with Crippen molar-refractivity contribution >= 4 is 17.8 Å². The molecule has 1 aliphatic rings. The van der Waals surface area contributed by atoms with Gasteiger partial charge in [0.25, 0.3) is 11.8 Å². The second-order valence-corrected chi connectivity index (χ2v) is 6.35. The topological polar surface area (TPSA) is 63.7 Å². The molecular weight excluding hydrogens is 342 g/mol. The number of rotatable bonds is 6. The third-order valence-electron chi connectivity index (χ3n) is 4.48. The molecule has 0 spiro atoms. The van der Waals surface area contributed by atoms with Gasteiger partial charge < -0.3 is 4.74 Å². The first-order valence-electron chi connectivity index (χ1n) is 8.89.